The summed E-state index contributed by atoms with van der Waals surface area (Å²) in [6, 6.07) is 15.1. The number of nitrogens with one attached hydrogen (secondary N) is 1. The Hall–Kier alpha value is -3.27. The van der Waals surface area contributed by atoms with Crippen LogP contribution in [0.25, 0.3) is 11.5 Å². The van der Waals surface area contributed by atoms with E-state index in [1.54, 1.807) is 36.4 Å². The molecule has 1 heterocycles. The number of benzene rings is 3. The fraction of sp³-hybridized carbons (Fsp3) is 0.192. The maximum Gasteiger partial charge on any atom is 0.257 e. The van der Waals surface area contributed by atoms with Gasteiger partial charge in [-0.1, -0.05) is 40.5 Å². The van der Waals surface area contributed by atoms with Crippen molar-refractivity contribution in [3.8, 4) is 11.5 Å². The van der Waals surface area contributed by atoms with Gasteiger partial charge in [-0.05, 0) is 66.9 Å². The first kappa shape index (κ1) is 25.4. The van der Waals surface area contributed by atoms with Crippen molar-refractivity contribution in [2.75, 3.05) is 11.6 Å². The first-order valence-electron chi connectivity index (χ1n) is 11.2. The van der Waals surface area contributed by atoms with E-state index in [1.165, 1.54) is 24.3 Å². The van der Waals surface area contributed by atoms with Gasteiger partial charge in [0.15, 0.2) is 15.7 Å². The van der Waals surface area contributed by atoms with E-state index in [9.17, 15) is 17.6 Å². The molecule has 1 amide bonds. The second-order valence-electron chi connectivity index (χ2n) is 8.97. The Labute approximate surface area is 222 Å². The van der Waals surface area contributed by atoms with Gasteiger partial charge in [0.05, 0.1) is 16.7 Å². The molecule has 1 fully saturated rings. The van der Waals surface area contributed by atoms with E-state index in [0.29, 0.717) is 51.1 Å². The highest BCUT2D eigenvalue weighted by atomic mass is 35.5. The molecule has 0 bridgehead atoms. The van der Waals surface area contributed by atoms with Crippen LogP contribution in [0.15, 0.2) is 70.1 Å². The number of hydrogen-bond acceptors (Lipinski definition) is 6. The number of hydrogen-bond donors (Lipinski definition) is 1. The molecule has 5 rings (SSSR count). The fourth-order valence-electron chi connectivity index (χ4n) is 4.19. The molecule has 11 heteroatoms. The van der Waals surface area contributed by atoms with Crippen LogP contribution >= 0.6 is 23.2 Å². The molecule has 0 saturated heterocycles. The Kier molecular flexibility index (Phi) is 6.55. The van der Waals surface area contributed by atoms with Crippen LogP contribution in [0, 0.1) is 5.82 Å². The number of carbonyl (C=O) groups excluding carboxylic acids is 1. The fourth-order valence-corrected chi connectivity index (χ4v) is 5.66. The lowest BCUT2D eigenvalue weighted by Crippen LogP contribution is -2.16. The van der Waals surface area contributed by atoms with E-state index < -0.39 is 15.3 Å². The predicted molar refractivity (Wildman–Crippen MR) is 138 cm³/mol. The summed E-state index contributed by atoms with van der Waals surface area (Å²) in [4.78, 5) is 17.3. The van der Waals surface area contributed by atoms with Gasteiger partial charge >= 0.3 is 0 Å². The van der Waals surface area contributed by atoms with Gasteiger partial charge in [-0.25, -0.2) is 12.8 Å². The summed E-state index contributed by atoms with van der Waals surface area (Å²) < 4.78 is 41.9. The Morgan fingerprint density at radius 3 is 2.24 bits per heavy atom. The molecule has 1 aromatic heterocycles. The van der Waals surface area contributed by atoms with Crippen LogP contribution in [0.5, 0.6) is 0 Å². The molecule has 0 radical (unpaired) electrons. The molecule has 1 aliphatic rings. The van der Waals surface area contributed by atoms with Crippen molar-refractivity contribution in [3.05, 3.63) is 93.5 Å². The van der Waals surface area contributed by atoms with Crippen molar-refractivity contribution >= 4 is 44.6 Å². The standard InChI is InChI=1S/C26H20Cl2FN3O4S/c1-37(34,35)19-8-2-15(3-9-19)12-22(33)30-18-13-20(27)23(21(28)14-18)26(10-11-26)25-31-24(36-32-25)16-4-6-17(29)7-5-16/h2-9,13-14H,10-12H2,1H3,(H,30,33). The minimum atomic E-state index is -3.31. The zero-order valence-corrected chi connectivity index (χ0v) is 21.8. The third-order valence-electron chi connectivity index (χ3n) is 6.22. The van der Waals surface area contributed by atoms with Crippen molar-refractivity contribution in [2.24, 2.45) is 0 Å². The smallest absolute Gasteiger partial charge is 0.257 e. The summed E-state index contributed by atoms with van der Waals surface area (Å²) in [6.07, 6.45) is 2.59. The summed E-state index contributed by atoms with van der Waals surface area (Å²) >= 11 is 13.3. The highest BCUT2D eigenvalue weighted by molar-refractivity contribution is 7.90. The average Bonchev–Trinajstić information content (AvgIpc) is 3.45. The van der Waals surface area contributed by atoms with Gasteiger partial charge in [0.2, 0.25) is 5.91 Å². The van der Waals surface area contributed by atoms with Crippen molar-refractivity contribution in [2.45, 2.75) is 29.6 Å². The second kappa shape index (κ2) is 9.55. The molecule has 190 valence electrons. The molecule has 0 atom stereocenters. The molecule has 0 unspecified atom stereocenters. The Balaban J connectivity index is 1.33. The topological polar surface area (TPSA) is 102 Å². The SMILES string of the molecule is CS(=O)(=O)c1ccc(CC(=O)Nc2cc(Cl)c(C3(c4noc(-c5ccc(F)cc5)n4)CC3)c(Cl)c2)cc1. The minimum absolute atomic E-state index is 0.0417. The Bertz CT molecular complexity index is 1580. The van der Waals surface area contributed by atoms with E-state index in [4.69, 9.17) is 27.7 Å². The Morgan fingerprint density at radius 2 is 1.68 bits per heavy atom. The second-order valence-corrected chi connectivity index (χ2v) is 11.8. The third kappa shape index (κ3) is 5.25. The predicted octanol–water partition coefficient (Wildman–Crippen LogP) is 5.85. The van der Waals surface area contributed by atoms with Gasteiger partial charge in [-0.3, -0.25) is 4.79 Å². The molecule has 0 aliphatic heterocycles. The molecular weight excluding hydrogens is 540 g/mol. The number of aromatic nitrogens is 2. The average molecular weight is 560 g/mol. The Morgan fingerprint density at radius 1 is 1.05 bits per heavy atom. The molecule has 37 heavy (non-hydrogen) atoms. The summed E-state index contributed by atoms with van der Waals surface area (Å²) in [6.45, 7) is 0. The molecule has 1 aliphatic carbocycles. The molecule has 4 aromatic rings. The maximum absolute atomic E-state index is 13.2. The van der Waals surface area contributed by atoms with E-state index in [1.807, 2.05) is 0 Å². The lowest BCUT2D eigenvalue weighted by atomic mass is 9.94. The van der Waals surface area contributed by atoms with Gasteiger partial charge in [0.25, 0.3) is 5.89 Å². The van der Waals surface area contributed by atoms with Crippen molar-refractivity contribution < 1.29 is 22.1 Å². The van der Waals surface area contributed by atoms with Crippen LogP contribution < -0.4 is 5.32 Å². The van der Waals surface area contributed by atoms with E-state index >= 15 is 0 Å². The van der Waals surface area contributed by atoms with Crippen LogP contribution in [0.3, 0.4) is 0 Å². The van der Waals surface area contributed by atoms with E-state index in [2.05, 4.69) is 15.5 Å². The molecule has 1 N–H and O–H groups in total. The van der Waals surface area contributed by atoms with Crippen molar-refractivity contribution in [3.63, 3.8) is 0 Å². The summed E-state index contributed by atoms with van der Waals surface area (Å²) in [5.41, 5.74) is 1.71. The van der Waals surface area contributed by atoms with Gasteiger partial charge in [0.1, 0.15) is 5.82 Å². The van der Waals surface area contributed by atoms with Crippen molar-refractivity contribution in [1.29, 1.82) is 0 Å². The number of nitrogens with zero attached hydrogens (tertiary/aromatic N) is 2. The van der Waals surface area contributed by atoms with E-state index in [-0.39, 0.29) is 28.9 Å². The summed E-state index contributed by atoms with van der Waals surface area (Å²) in [5, 5.41) is 7.63. The van der Waals surface area contributed by atoms with Crippen LogP contribution in [-0.4, -0.2) is 30.7 Å². The quantitative estimate of drug-likeness (QED) is 0.305. The highest BCUT2D eigenvalue weighted by Gasteiger charge is 2.52. The molecule has 0 spiro atoms. The number of sulfone groups is 1. The molecule has 7 nitrogen and oxygen atoms in total. The minimum Gasteiger partial charge on any atom is -0.334 e. The molecular formula is C26H20Cl2FN3O4S. The zero-order chi connectivity index (χ0) is 26.4. The molecule has 1 saturated carbocycles. The first-order valence-corrected chi connectivity index (χ1v) is 13.9. The number of amides is 1. The molecule has 3 aromatic carbocycles. The lowest BCUT2D eigenvalue weighted by molar-refractivity contribution is -0.115. The van der Waals surface area contributed by atoms with Gasteiger partial charge in [-0.2, -0.15) is 4.98 Å². The number of carbonyl (C=O) groups is 1. The van der Waals surface area contributed by atoms with Gasteiger partial charge < -0.3 is 9.84 Å². The van der Waals surface area contributed by atoms with Crippen molar-refractivity contribution in [1.82, 2.24) is 10.1 Å². The third-order valence-corrected chi connectivity index (χ3v) is 7.94. The van der Waals surface area contributed by atoms with Crippen LogP contribution in [0.2, 0.25) is 10.0 Å². The lowest BCUT2D eigenvalue weighted by Gasteiger charge is -2.17. The van der Waals surface area contributed by atoms with Crippen LogP contribution in [-0.2, 0) is 26.5 Å². The van der Waals surface area contributed by atoms with Crippen LogP contribution in [0.4, 0.5) is 10.1 Å². The zero-order valence-electron chi connectivity index (χ0n) is 19.5. The largest absolute Gasteiger partial charge is 0.334 e. The number of rotatable bonds is 7. The summed E-state index contributed by atoms with van der Waals surface area (Å²) in [7, 11) is -3.31. The van der Waals surface area contributed by atoms with Gasteiger partial charge in [0, 0.05) is 33.1 Å². The first-order chi connectivity index (χ1) is 17.5. The van der Waals surface area contributed by atoms with Gasteiger partial charge in [-0.15, -0.1) is 0 Å². The maximum atomic E-state index is 13.2. The monoisotopic (exact) mass is 559 g/mol. The summed E-state index contributed by atoms with van der Waals surface area (Å²) in [5.74, 6) is 0.0277. The van der Waals surface area contributed by atoms with Crippen LogP contribution in [0.1, 0.15) is 29.8 Å². The van der Waals surface area contributed by atoms with E-state index in [0.717, 1.165) is 6.26 Å². The number of anilines is 1. The normalized spacial score (nSPS) is 14.4. The number of halogens is 3. The highest BCUT2D eigenvalue weighted by Crippen LogP contribution is 2.57.